The highest BCUT2D eigenvalue weighted by Gasteiger charge is 2.25. The van der Waals surface area contributed by atoms with Crippen LogP contribution < -0.4 is 9.80 Å². The van der Waals surface area contributed by atoms with Crippen molar-refractivity contribution in [2.24, 2.45) is 0 Å². The second-order valence-electron chi connectivity index (χ2n) is 15.5. The molecule has 6 aliphatic rings. The molecule has 304 valence electrons. The first-order chi connectivity index (χ1) is 30.7. The summed E-state index contributed by atoms with van der Waals surface area (Å²) in [5, 5.41) is 0. The molecule has 8 aromatic carbocycles. The van der Waals surface area contributed by atoms with Crippen molar-refractivity contribution in [3.63, 3.8) is 0 Å². The highest BCUT2D eigenvalue weighted by molar-refractivity contribution is 8.00. The topological polar surface area (TPSA) is 6.48 Å². The van der Waals surface area contributed by atoms with E-state index in [1.54, 1.807) is 0 Å². The van der Waals surface area contributed by atoms with Gasteiger partial charge in [-0.15, -0.1) is 70.6 Å². The Labute approximate surface area is 390 Å². The van der Waals surface area contributed by atoms with Crippen LogP contribution in [0.1, 0.15) is 33.4 Å². The Morgan fingerprint density at radius 2 is 0.387 bits per heavy atom. The lowest BCUT2D eigenvalue weighted by atomic mass is 10.1. The molecule has 0 fully saturated rings. The van der Waals surface area contributed by atoms with Crippen LogP contribution >= 0.6 is 70.6 Å². The van der Waals surface area contributed by atoms with Crippen LogP contribution in [0, 0.1) is 0 Å². The predicted molar refractivity (Wildman–Crippen MR) is 272 cm³/mol. The van der Waals surface area contributed by atoms with E-state index in [2.05, 4.69) is 192 Å². The van der Waals surface area contributed by atoms with Gasteiger partial charge in [0, 0.05) is 63.9 Å². The fraction of sp³-hybridized carbons (Fsp3) is 0.111. The molecular weight excluding hydrogens is 869 g/mol. The van der Waals surface area contributed by atoms with E-state index < -0.39 is 0 Å². The molecule has 0 aromatic heterocycles. The first-order valence-corrected chi connectivity index (χ1v) is 26.8. The molecule has 14 rings (SSSR count). The van der Waals surface area contributed by atoms with Gasteiger partial charge in [-0.1, -0.05) is 109 Å². The molecule has 8 heteroatoms. The zero-order valence-corrected chi connectivity index (χ0v) is 38.8. The van der Waals surface area contributed by atoms with Crippen molar-refractivity contribution in [3.05, 3.63) is 215 Å². The first-order valence-electron chi connectivity index (χ1n) is 20.8. The van der Waals surface area contributed by atoms with Gasteiger partial charge in [0.15, 0.2) is 0 Å². The Morgan fingerprint density at radius 1 is 0.226 bits per heavy atom. The van der Waals surface area contributed by atoms with Gasteiger partial charge in [-0.2, -0.15) is 0 Å². The maximum absolute atomic E-state index is 2.48. The van der Waals surface area contributed by atoms with Crippen LogP contribution in [0.3, 0.4) is 0 Å². The van der Waals surface area contributed by atoms with Crippen LogP contribution in [0.25, 0.3) is 0 Å². The first kappa shape index (κ1) is 40.2. The lowest BCUT2D eigenvalue weighted by Gasteiger charge is -2.31. The van der Waals surface area contributed by atoms with Gasteiger partial charge in [0.1, 0.15) is 0 Å². The lowest BCUT2D eigenvalue weighted by molar-refractivity contribution is 1.15. The van der Waals surface area contributed by atoms with Crippen LogP contribution in [0.15, 0.2) is 211 Å². The van der Waals surface area contributed by atoms with E-state index in [1.165, 1.54) is 96.9 Å². The molecule has 0 radical (unpaired) electrons. The highest BCUT2D eigenvalue weighted by atomic mass is 32.2. The van der Waals surface area contributed by atoms with E-state index in [9.17, 15) is 0 Å². The molecule has 2 nitrogen and oxygen atoms in total. The largest absolute Gasteiger partial charge is 0.307 e. The van der Waals surface area contributed by atoms with E-state index in [0.717, 1.165) is 34.5 Å². The van der Waals surface area contributed by atoms with Gasteiger partial charge in [-0.05, 0) is 106 Å². The normalized spacial score (nSPS) is 14.9. The van der Waals surface area contributed by atoms with Gasteiger partial charge >= 0.3 is 0 Å². The lowest BCUT2D eigenvalue weighted by Crippen LogP contribution is -2.13. The van der Waals surface area contributed by atoms with Crippen LogP contribution in [0.5, 0.6) is 0 Å². The summed E-state index contributed by atoms with van der Waals surface area (Å²) in [7, 11) is 0. The van der Waals surface area contributed by atoms with E-state index >= 15 is 0 Å². The second-order valence-corrected chi connectivity index (χ2v) is 21.6. The molecule has 6 aliphatic heterocycles. The van der Waals surface area contributed by atoms with Crippen molar-refractivity contribution < 1.29 is 0 Å². The highest BCUT2D eigenvalue weighted by Crippen LogP contribution is 2.51. The molecule has 8 bridgehead atoms. The SMILES string of the molecule is c1ccc2c(c1)SCc1cc3cc(c1)CSc1ccccc1N2c1ccccc1SC3.c1ccc2c(c1)SCc1cc3cc(c1)CSc1ccccc1N2c1ccccc1SC3. The second kappa shape index (κ2) is 18.3. The summed E-state index contributed by atoms with van der Waals surface area (Å²) in [6, 6.07) is 67.5. The maximum atomic E-state index is 2.48. The van der Waals surface area contributed by atoms with Crippen LogP contribution in [0.2, 0.25) is 0 Å². The molecule has 62 heavy (non-hydrogen) atoms. The zero-order chi connectivity index (χ0) is 41.2. The number of para-hydroxylation sites is 6. The molecule has 6 heterocycles. The Bertz CT molecular complexity index is 2400. The molecule has 0 N–H and O–H groups in total. The number of benzene rings is 8. The predicted octanol–water partition coefficient (Wildman–Crippen LogP) is 17.3. The minimum atomic E-state index is 0.990. The Morgan fingerprint density at radius 3 is 0.565 bits per heavy atom. The van der Waals surface area contributed by atoms with E-state index in [0.29, 0.717) is 0 Å². The Balaban J connectivity index is 0.000000139. The fourth-order valence-electron chi connectivity index (χ4n) is 8.51. The van der Waals surface area contributed by atoms with Crippen LogP contribution in [-0.2, 0) is 34.5 Å². The summed E-state index contributed by atoms with van der Waals surface area (Å²) in [4.78, 5) is 12.9. The van der Waals surface area contributed by atoms with Crippen molar-refractivity contribution in [2.45, 2.75) is 63.9 Å². The van der Waals surface area contributed by atoms with Gasteiger partial charge in [-0.25, -0.2) is 0 Å². The molecule has 0 saturated carbocycles. The van der Waals surface area contributed by atoms with Gasteiger partial charge in [0.2, 0.25) is 0 Å². The van der Waals surface area contributed by atoms with Crippen LogP contribution in [-0.4, -0.2) is 0 Å². The number of fused-ring (bicyclic) bond motifs is 6. The third-order valence-electron chi connectivity index (χ3n) is 11.2. The summed E-state index contributed by atoms with van der Waals surface area (Å²) in [6.45, 7) is 0. The maximum Gasteiger partial charge on any atom is 0.0598 e. The molecule has 0 spiro atoms. The summed E-state index contributed by atoms with van der Waals surface area (Å²) in [5.74, 6) is 5.94. The zero-order valence-electron chi connectivity index (χ0n) is 33.9. The van der Waals surface area contributed by atoms with Gasteiger partial charge in [-0.3, -0.25) is 0 Å². The van der Waals surface area contributed by atoms with Crippen LogP contribution in [0.4, 0.5) is 34.1 Å². The standard InChI is InChI=1S/2C27H21NS3/c2*1-4-10-25-22(7-1)28-23-8-2-5-11-26(23)30-17-20-13-19(16-29-25)14-21(15-20)18-31-27-12-6-3-9-24(27)28/h2*1-15H,16-18H2. The monoisotopic (exact) mass is 910 g/mol. The van der Waals surface area contributed by atoms with Crippen molar-refractivity contribution in [1.82, 2.24) is 0 Å². The van der Waals surface area contributed by atoms with Crippen molar-refractivity contribution >= 4 is 105 Å². The van der Waals surface area contributed by atoms with Crippen molar-refractivity contribution in [1.29, 1.82) is 0 Å². The third-order valence-corrected chi connectivity index (χ3v) is 18.0. The number of anilines is 6. The van der Waals surface area contributed by atoms with Gasteiger partial charge in [0.25, 0.3) is 0 Å². The fourth-order valence-corrected chi connectivity index (χ4v) is 14.3. The molecule has 0 atom stereocenters. The van der Waals surface area contributed by atoms with Crippen molar-refractivity contribution in [3.8, 4) is 0 Å². The summed E-state index contributed by atoms with van der Waals surface area (Å²) in [5.41, 5.74) is 16.0. The molecular formula is C54H42N2S6. The Kier molecular flexibility index (Phi) is 11.9. The minimum absolute atomic E-state index is 0.990. The molecule has 0 saturated heterocycles. The quantitative estimate of drug-likeness (QED) is 0.147. The number of nitrogens with zero attached hydrogens (tertiary/aromatic N) is 2. The van der Waals surface area contributed by atoms with E-state index in [1.807, 2.05) is 70.6 Å². The van der Waals surface area contributed by atoms with E-state index in [-0.39, 0.29) is 0 Å². The van der Waals surface area contributed by atoms with E-state index in [4.69, 9.17) is 0 Å². The minimum Gasteiger partial charge on any atom is -0.307 e. The molecule has 0 unspecified atom stereocenters. The average molecular weight is 911 g/mol. The van der Waals surface area contributed by atoms with Crippen molar-refractivity contribution in [2.75, 3.05) is 9.80 Å². The number of rotatable bonds is 0. The average Bonchev–Trinajstić information content (AvgIpc) is 3.31. The number of hydrogen-bond donors (Lipinski definition) is 0. The Hall–Kier alpha value is -4.54. The summed E-state index contributed by atoms with van der Waals surface area (Å²) < 4.78 is 0. The molecule has 0 amide bonds. The number of hydrogen-bond acceptors (Lipinski definition) is 8. The summed E-state index contributed by atoms with van der Waals surface area (Å²) >= 11 is 11.6. The summed E-state index contributed by atoms with van der Waals surface area (Å²) in [6.07, 6.45) is 0. The number of thioether (sulfide) groups is 6. The smallest absolute Gasteiger partial charge is 0.0598 e. The molecule has 8 aromatic rings. The van der Waals surface area contributed by atoms with Gasteiger partial charge in [0.05, 0.1) is 34.1 Å². The third kappa shape index (κ3) is 8.46. The van der Waals surface area contributed by atoms with Gasteiger partial charge < -0.3 is 9.80 Å². The molecule has 0 aliphatic carbocycles.